The van der Waals surface area contributed by atoms with Crippen molar-refractivity contribution in [3.05, 3.63) is 33.9 Å². The van der Waals surface area contributed by atoms with Crippen LogP contribution in [0.3, 0.4) is 0 Å². The molecule has 8 heteroatoms. The van der Waals surface area contributed by atoms with Gasteiger partial charge in [-0.05, 0) is 38.3 Å². The topological polar surface area (TPSA) is 64.0 Å². The summed E-state index contributed by atoms with van der Waals surface area (Å²) in [4.78, 5) is 31.1. The van der Waals surface area contributed by atoms with E-state index in [-0.39, 0.29) is 23.6 Å². The number of anilines is 1. The number of rotatable bonds is 18. The largest absolute Gasteiger partial charge is 0.492 e. The molecule has 42 heavy (non-hydrogen) atoms. The summed E-state index contributed by atoms with van der Waals surface area (Å²) in [6.07, 6.45) is 17.6. The van der Waals surface area contributed by atoms with Crippen LogP contribution >= 0.6 is 0 Å². The number of hydrogen-bond donors (Lipinski definition) is 0. The van der Waals surface area contributed by atoms with Crippen LogP contribution in [-0.2, 0) is 4.74 Å². The predicted octanol–water partition coefficient (Wildman–Crippen LogP) is 7.48. The standard InChI is InChI=1S/C34H52FN3O4/c1-4-6-8-10-12-14-18-36-19-21-37(22-20-36)31-29(35)24-27-30(33(31)41-3)38(26-16-17-26)25-28(32(27)39)34(40)42-23-15-13-11-9-7-5-2/h24-26H,4-23H2,1-3H3. The molecule has 2 aliphatic rings. The highest BCUT2D eigenvalue weighted by Crippen LogP contribution is 2.43. The number of nitrogens with zero attached hydrogens (tertiary/aromatic N) is 3. The van der Waals surface area contributed by atoms with Gasteiger partial charge >= 0.3 is 5.97 Å². The minimum Gasteiger partial charge on any atom is -0.492 e. The molecular formula is C34H52FN3O4. The van der Waals surface area contributed by atoms with E-state index in [1.165, 1.54) is 71.0 Å². The average Bonchev–Trinajstić information content (AvgIpc) is 3.84. The molecule has 1 saturated heterocycles. The molecule has 2 heterocycles. The minimum atomic E-state index is -0.630. The third kappa shape index (κ3) is 8.27. The third-order valence-corrected chi connectivity index (χ3v) is 8.81. The number of halogens is 1. The number of unbranched alkanes of at least 4 members (excludes halogenated alkanes) is 10. The molecule has 1 aromatic heterocycles. The number of fused-ring (bicyclic) bond motifs is 1. The molecule has 4 rings (SSSR count). The first-order chi connectivity index (χ1) is 20.5. The Morgan fingerprint density at radius 2 is 1.52 bits per heavy atom. The molecular weight excluding hydrogens is 533 g/mol. The fourth-order valence-corrected chi connectivity index (χ4v) is 6.15. The highest BCUT2D eigenvalue weighted by Gasteiger charge is 2.32. The van der Waals surface area contributed by atoms with Gasteiger partial charge in [-0.2, -0.15) is 0 Å². The van der Waals surface area contributed by atoms with Crippen molar-refractivity contribution in [2.45, 2.75) is 110 Å². The van der Waals surface area contributed by atoms with Crippen molar-refractivity contribution in [1.82, 2.24) is 9.47 Å². The van der Waals surface area contributed by atoms with Gasteiger partial charge in [0, 0.05) is 38.4 Å². The molecule has 0 N–H and O–H groups in total. The fourth-order valence-electron chi connectivity index (χ4n) is 6.15. The third-order valence-electron chi connectivity index (χ3n) is 8.81. The van der Waals surface area contributed by atoms with E-state index < -0.39 is 17.2 Å². The number of esters is 1. The smallest absolute Gasteiger partial charge is 0.343 e. The highest BCUT2D eigenvalue weighted by atomic mass is 19.1. The number of ether oxygens (including phenoxy) is 2. The zero-order chi connectivity index (χ0) is 29.9. The molecule has 0 amide bonds. The van der Waals surface area contributed by atoms with Crippen LogP contribution in [0.4, 0.5) is 10.1 Å². The van der Waals surface area contributed by atoms with Crippen molar-refractivity contribution in [3.63, 3.8) is 0 Å². The Bertz CT molecular complexity index is 1220. The van der Waals surface area contributed by atoms with Gasteiger partial charge in [0.1, 0.15) is 11.3 Å². The van der Waals surface area contributed by atoms with Gasteiger partial charge in [-0.15, -0.1) is 0 Å². The number of benzene rings is 1. The first kappa shape index (κ1) is 32.3. The van der Waals surface area contributed by atoms with Gasteiger partial charge in [0.25, 0.3) is 0 Å². The lowest BCUT2D eigenvalue weighted by molar-refractivity contribution is 0.0495. The Kier molecular flexibility index (Phi) is 12.5. The van der Waals surface area contributed by atoms with E-state index >= 15 is 4.39 Å². The molecule has 0 atom stereocenters. The van der Waals surface area contributed by atoms with Crippen LogP contribution in [0.2, 0.25) is 0 Å². The fraction of sp³-hybridized carbons (Fsp3) is 0.706. The van der Waals surface area contributed by atoms with E-state index in [0.29, 0.717) is 30.0 Å². The molecule has 234 valence electrons. The van der Waals surface area contributed by atoms with Gasteiger partial charge in [-0.3, -0.25) is 9.69 Å². The summed E-state index contributed by atoms with van der Waals surface area (Å²) in [5.74, 6) is -0.735. The minimum absolute atomic E-state index is 0.0297. The van der Waals surface area contributed by atoms with Crippen molar-refractivity contribution < 1.29 is 18.7 Å². The van der Waals surface area contributed by atoms with E-state index in [4.69, 9.17) is 9.47 Å². The Balaban J connectivity index is 1.48. The lowest BCUT2D eigenvalue weighted by Crippen LogP contribution is -2.47. The number of piperazine rings is 1. The molecule has 0 unspecified atom stereocenters. The predicted molar refractivity (Wildman–Crippen MR) is 169 cm³/mol. The van der Waals surface area contributed by atoms with Crippen molar-refractivity contribution in [2.24, 2.45) is 0 Å². The second kappa shape index (κ2) is 16.3. The Morgan fingerprint density at radius 3 is 2.14 bits per heavy atom. The quantitative estimate of drug-likeness (QED) is 0.133. The SMILES string of the molecule is CCCCCCCCOC(=O)c1cn(C2CC2)c2c(OC)c(N3CCN(CCCCCCCC)CC3)c(F)cc2c1=O. The lowest BCUT2D eigenvalue weighted by Gasteiger charge is -2.37. The first-order valence-electron chi connectivity index (χ1n) is 16.6. The highest BCUT2D eigenvalue weighted by molar-refractivity contribution is 5.97. The van der Waals surface area contributed by atoms with Crippen LogP contribution in [0.25, 0.3) is 10.9 Å². The number of carbonyl (C=O) groups is 1. The van der Waals surface area contributed by atoms with Gasteiger partial charge in [-0.1, -0.05) is 78.1 Å². The van der Waals surface area contributed by atoms with Crippen LogP contribution in [0.5, 0.6) is 5.75 Å². The summed E-state index contributed by atoms with van der Waals surface area (Å²) >= 11 is 0. The van der Waals surface area contributed by atoms with E-state index in [1.807, 2.05) is 4.57 Å². The number of aromatic nitrogens is 1. The normalized spacial score (nSPS) is 15.9. The molecule has 1 aromatic carbocycles. The molecule has 2 fully saturated rings. The summed E-state index contributed by atoms with van der Waals surface area (Å²) in [6, 6.07) is 1.46. The zero-order valence-corrected chi connectivity index (χ0v) is 26.2. The summed E-state index contributed by atoms with van der Waals surface area (Å²) in [6.45, 7) is 8.92. The summed E-state index contributed by atoms with van der Waals surface area (Å²) in [7, 11) is 1.54. The van der Waals surface area contributed by atoms with Crippen LogP contribution in [0.1, 0.15) is 120 Å². The maximum absolute atomic E-state index is 15.8. The molecule has 1 saturated carbocycles. The lowest BCUT2D eigenvalue weighted by atomic mass is 10.1. The van der Waals surface area contributed by atoms with Gasteiger partial charge in [0.2, 0.25) is 5.43 Å². The number of methoxy groups -OCH3 is 1. The van der Waals surface area contributed by atoms with Crippen molar-refractivity contribution in [2.75, 3.05) is 51.3 Å². The number of pyridine rings is 1. The van der Waals surface area contributed by atoms with Crippen LogP contribution < -0.4 is 15.1 Å². The van der Waals surface area contributed by atoms with E-state index in [0.717, 1.165) is 51.7 Å². The Hall–Kier alpha value is -2.61. The maximum atomic E-state index is 15.8. The van der Waals surface area contributed by atoms with Crippen molar-refractivity contribution >= 4 is 22.6 Å². The van der Waals surface area contributed by atoms with Gasteiger partial charge in [-0.25, -0.2) is 9.18 Å². The average molecular weight is 586 g/mol. The monoisotopic (exact) mass is 585 g/mol. The van der Waals surface area contributed by atoms with Gasteiger partial charge < -0.3 is 18.9 Å². The Labute approximate surface area is 251 Å². The summed E-state index contributed by atoms with van der Waals surface area (Å²) < 4.78 is 29.1. The van der Waals surface area contributed by atoms with Gasteiger partial charge in [0.05, 0.1) is 24.6 Å². The number of carbonyl (C=O) groups excluding carboxylic acids is 1. The molecule has 0 spiro atoms. The molecule has 1 aliphatic carbocycles. The zero-order valence-electron chi connectivity index (χ0n) is 26.2. The number of hydrogen-bond acceptors (Lipinski definition) is 6. The molecule has 1 aliphatic heterocycles. The van der Waals surface area contributed by atoms with Crippen LogP contribution in [0, 0.1) is 5.82 Å². The van der Waals surface area contributed by atoms with Crippen molar-refractivity contribution in [1.29, 1.82) is 0 Å². The van der Waals surface area contributed by atoms with E-state index in [2.05, 4.69) is 23.6 Å². The molecule has 0 radical (unpaired) electrons. The second-order valence-electron chi connectivity index (χ2n) is 12.1. The first-order valence-corrected chi connectivity index (χ1v) is 16.6. The van der Waals surface area contributed by atoms with E-state index in [9.17, 15) is 9.59 Å². The second-order valence-corrected chi connectivity index (χ2v) is 12.1. The van der Waals surface area contributed by atoms with E-state index in [1.54, 1.807) is 6.20 Å². The van der Waals surface area contributed by atoms with Crippen LogP contribution in [0.15, 0.2) is 17.1 Å². The summed E-state index contributed by atoms with van der Waals surface area (Å²) in [5, 5.41) is 0.177. The van der Waals surface area contributed by atoms with Crippen molar-refractivity contribution in [3.8, 4) is 5.75 Å². The molecule has 0 bridgehead atoms. The van der Waals surface area contributed by atoms with Crippen LogP contribution in [-0.4, -0.2) is 61.9 Å². The Morgan fingerprint density at radius 1 is 0.905 bits per heavy atom. The summed E-state index contributed by atoms with van der Waals surface area (Å²) in [5.41, 5.74) is 0.458. The molecule has 2 aromatic rings. The van der Waals surface area contributed by atoms with Gasteiger partial charge in [0.15, 0.2) is 11.6 Å². The molecule has 7 nitrogen and oxygen atoms in total. The maximum Gasteiger partial charge on any atom is 0.343 e.